The predicted octanol–water partition coefficient (Wildman–Crippen LogP) is 6.43. The highest BCUT2D eigenvalue weighted by molar-refractivity contribution is 7.14. The van der Waals surface area contributed by atoms with E-state index in [9.17, 15) is 33.0 Å². The molecule has 2 N–H and O–H groups in total. The van der Waals surface area contributed by atoms with Crippen molar-refractivity contribution in [2.24, 2.45) is 22.7 Å². The Bertz CT molecular complexity index is 1250. The van der Waals surface area contributed by atoms with Crippen LogP contribution in [0.2, 0.25) is 4.34 Å². The van der Waals surface area contributed by atoms with Crippen molar-refractivity contribution in [1.29, 1.82) is 0 Å². The highest BCUT2D eigenvalue weighted by atomic mass is 35.5. The monoisotopic (exact) mass is 587 g/mol. The Morgan fingerprint density at radius 3 is 2.36 bits per heavy atom. The van der Waals surface area contributed by atoms with Crippen LogP contribution in [0.25, 0.3) is 0 Å². The first-order valence-corrected chi connectivity index (χ1v) is 14.5. The number of carbonyl (C=O) groups is 2. The molecule has 214 valence electrons. The summed E-state index contributed by atoms with van der Waals surface area (Å²) in [4.78, 5) is 26.9. The van der Waals surface area contributed by atoms with Gasteiger partial charge in [-0.15, -0.1) is 11.3 Å². The molecule has 0 bridgehead atoms. The van der Waals surface area contributed by atoms with Crippen molar-refractivity contribution < 1.29 is 33.0 Å². The Balaban J connectivity index is 1.45. The number of aromatic nitrogens is 2. The van der Waals surface area contributed by atoms with Gasteiger partial charge in [-0.05, 0) is 74.1 Å². The molecule has 0 aliphatic heterocycles. The van der Waals surface area contributed by atoms with Crippen LogP contribution in [0.3, 0.4) is 0 Å². The number of carboxylic acids is 1. The molecule has 0 aromatic carbocycles. The lowest BCUT2D eigenvalue weighted by Crippen LogP contribution is -2.43. The van der Waals surface area contributed by atoms with E-state index in [4.69, 9.17) is 11.6 Å². The van der Waals surface area contributed by atoms with Crippen molar-refractivity contribution in [1.82, 2.24) is 14.7 Å². The number of aliphatic carboxylic acids is 1. The average molecular weight is 588 g/mol. The van der Waals surface area contributed by atoms with Gasteiger partial charge in [0.05, 0.1) is 40.2 Å². The molecule has 0 saturated heterocycles. The van der Waals surface area contributed by atoms with E-state index < -0.39 is 46.9 Å². The Labute approximate surface area is 233 Å². The summed E-state index contributed by atoms with van der Waals surface area (Å²) >= 11 is 7.45. The minimum absolute atomic E-state index is 0.147. The maximum absolute atomic E-state index is 14.5. The molecule has 0 spiro atoms. The van der Waals surface area contributed by atoms with Gasteiger partial charge in [0.1, 0.15) is 0 Å². The summed E-state index contributed by atoms with van der Waals surface area (Å²) in [5, 5.41) is 26.2. The standard InChI is InChI=1S/C27H33ClF3N3O4S/c1-25(2)18-10-15(11-19(18)25)33(13-20(35)16-6-9-39-22(16)28)23(36)17-12-32-34(21(17)27(29,30)31)14-4-7-26(3,8-5-14)24(37)38/h6,9,12,14-15,18-20,35H,4-5,7-8,10-11,13H2,1-3H3,(H,37,38)/t14-,15-,18-,19+,20?,26-. The molecular weight excluding hydrogens is 555 g/mol. The van der Waals surface area contributed by atoms with Crippen molar-refractivity contribution in [3.63, 3.8) is 0 Å². The molecule has 1 unspecified atom stereocenters. The second-order valence-electron chi connectivity index (χ2n) is 12.2. The summed E-state index contributed by atoms with van der Waals surface area (Å²) in [5.74, 6) is -1.01. The van der Waals surface area contributed by atoms with Crippen LogP contribution in [-0.2, 0) is 11.0 Å². The Morgan fingerprint density at radius 2 is 1.85 bits per heavy atom. The fourth-order valence-electron chi connectivity index (χ4n) is 6.89. The number of nitrogens with zero attached hydrogens (tertiary/aromatic N) is 3. The van der Waals surface area contributed by atoms with Crippen LogP contribution in [0.15, 0.2) is 17.6 Å². The van der Waals surface area contributed by atoms with Crippen LogP contribution in [-0.4, -0.2) is 49.4 Å². The van der Waals surface area contributed by atoms with E-state index in [0.29, 0.717) is 34.6 Å². The highest BCUT2D eigenvalue weighted by Gasteiger charge is 2.63. The van der Waals surface area contributed by atoms with Gasteiger partial charge in [0, 0.05) is 11.6 Å². The quantitative estimate of drug-likeness (QED) is 0.389. The van der Waals surface area contributed by atoms with Gasteiger partial charge in [-0.3, -0.25) is 14.3 Å². The number of alkyl halides is 3. The third-order valence-corrected chi connectivity index (χ3v) is 10.8. The highest BCUT2D eigenvalue weighted by Crippen LogP contribution is 2.67. The molecule has 2 heterocycles. The minimum atomic E-state index is -4.85. The molecule has 3 aliphatic rings. The van der Waals surface area contributed by atoms with Gasteiger partial charge in [0.25, 0.3) is 5.91 Å². The number of carboxylic acid groups (broad SMARTS) is 1. The molecule has 39 heavy (non-hydrogen) atoms. The molecule has 5 rings (SSSR count). The topological polar surface area (TPSA) is 95.7 Å². The van der Waals surface area contributed by atoms with Gasteiger partial charge in [0.2, 0.25) is 0 Å². The zero-order valence-electron chi connectivity index (χ0n) is 22.0. The third kappa shape index (κ3) is 4.99. The van der Waals surface area contributed by atoms with E-state index in [-0.39, 0.29) is 43.7 Å². The number of amides is 1. The largest absolute Gasteiger partial charge is 0.481 e. The van der Waals surface area contributed by atoms with Gasteiger partial charge in [0.15, 0.2) is 5.69 Å². The van der Waals surface area contributed by atoms with Crippen LogP contribution in [0.1, 0.15) is 93.1 Å². The molecule has 0 radical (unpaired) electrons. The first-order chi connectivity index (χ1) is 18.1. The average Bonchev–Trinajstić information content (AvgIpc) is 3.42. The minimum Gasteiger partial charge on any atom is -0.481 e. The Kier molecular flexibility index (Phi) is 7.12. The van der Waals surface area contributed by atoms with Crippen molar-refractivity contribution in [2.45, 2.75) is 83.7 Å². The number of fused-ring (bicyclic) bond motifs is 1. The van der Waals surface area contributed by atoms with Crippen molar-refractivity contribution in [3.8, 4) is 0 Å². The van der Waals surface area contributed by atoms with E-state index >= 15 is 0 Å². The van der Waals surface area contributed by atoms with E-state index in [2.05, 4.69) is 18.9 Å². The second kappa shape index (κ2) is 9.76. The number of halogens is 4. The fourth-order valence-corrected chi connectivity index (χ4v) is 7.90. The van der Waals surface area contributed by atoms with Crippen LogP contribution in [0, 0.1) is 22.7 Å². The molecule has 4 atom stereocenters. The first-order valence-electron chi connectivity index (χ1n) is 13.2. The molecule has 2 aromatic heterocycles. The van der Waals surface area contributed by atoms with E-state index in [1.807, 2.05) is 0 Å². The molecule has 12 heteroatoms. The van der Waals surface area contributed by atoms with Crippen molar-refractivity contribution in [2.75, 3.05) is 6.54 Å². The maximum atomic E-state index is 14.5. The summed E-state index contributed by atoms with van der Waals surface area (Å²) in [6.45, 7) is 5.75. The maximum Gasteiger partial charge on any atom is 0.433 e. The number of hydrogen-bond donors (Lipinski definition) is 2. The normalized spacial score (nSPS) is 30.6. The lowest BCUT2D eigenvalue weighted by atomic mass is 9.74. The van der Waals surface area contributed by atoms with Gasteiger partial charge in [-0.2, -0.15) is 18.3 Å². The Morgan fingerprint density at radius 1 is 1.23 bits per heavy atom. The van der Waals surface area contributed by atoms with Crippen LogP contribution in [0.4, 0.5) is 13.2 Å². The van der Waals surface area contributed by atoms with Gasteiger partial charge >= 0.3 is 12.1 Å². The van der Waals surface area contributed by atoms with Gasteiger partial charge in [-0.1, -0.05) is 25.4 Å². The molecule has 2 aromatic rings. The SMILES string of the molecule is CC1(C)[C@@H]2C[C@@H](N(CC(O)c3ccsc3Cl)C(=O)c3cnn([C@H]4CC[C@](C)(C(=O)O)CC4)c3C(F)(F)F)C[C@@H]21. The number of rotatable bonds is 7. The van der Waals surface area contributed by atoms with Gasteiger partial charge in [-0.25, -0.2) is 0 Å². The number of hydrogen-bond acceptors (Lipinski definition) is 5. The van der Waals surface area contributed by atoms with Crippen molar-refractivity contribution in [3.05, 3.63) is 38.8 Å². The molecule has 3 saturated carbocycles. The third-order valence-electron chi connectivity index (χ3n) is 9.63. The summed E-state index contributed by atoms with van der Waals surface area (Å²) in [7, 11) is 0. The van der Waals surface area contributed by atoms with Crippen LogP contribution in [0.5, 0.6) is 0 Å². The molecule has 7 nitrogen and oxygen atoms in total. The zero-order chi connectivity index (χ0) is 28.5. The summed E-state index contributed by atoms with van der Waals surface area (Å²) in [6.07, 6.45) is -2.83. The van der Waals surface area contributed by atoms with Crippen LogP contribution >= 0.6 is 22.9 Å². The van der Waals surface area contributed by atoms with E-state index in [0.717, 1.165) is 10.9 Å². The number of carbonyl (C=O) groups excluding carboxylic acids is 1. The summed E-state index contributed by atoms with van der Waals surface area (Å²) < 4.78 is 44.7. The van der Waals surface area contributed by atoms with Crippen molar-refractivity contribution >= 4 is 34.8 Å². The molecule has 3 fully saturated rings. The number of thiophene rings is 1. The van der Waals surface area contributed by atoms with E-state index in [1.165, 1.54) is 16.2 Å². The predicted molar refractivity (Wildman–Crippen MR) is 140 cm³/mol. The zero-order valence-corrected chi connectivity index (χ0v) is 23.6. The number of aliphatic hydroxyl groups excluding tert-OH is 1. The molecular formula is C27H33ClF3N3O4S. The molecule has 1 amide bonds. The fraction of sp³-hybridized carbons (Fsp3) is 0.667. The lowest BCUT2D eigenvalue weighted by molar-refractivity contribution is -0.152. The second-order valence-corrected chi connectivity index (χ2v) is 13.7. The first kappa shape index (κ1) is 28.4. The summed E-state index contributed by atoms with van der Waals surface area (Å²) in [6, 6.07) is 0.685. The van der Waals surface area contributed by atoms with E-state index in [1.54, 1.807) is 18.4 Å². The Hall–Kier alpha value is -2.11. The lowest BCUT2D eigenvalue weighted by Gasteiger charge is -2.35. The smallest absolute Gasteiger partial charge is 0.433 e. The van der Waals surface area contributed by atoms with Crippen LogP contribution < -0.4 is 0 Å². The van der Waals surface area contributed by atoms with Gasteiger partial charge < -0.3 is 15.1 Å². The number of aliphatic hydroxyl groups is 1. The summed E-state index contributed by atoms with van der Waals surface area (Å²) in [5.41, 5.74) is -2.06. The molecule has 3 aliphatic carbocycles.